The maximum atomic E-state index is 12.8. The smallest absolute Gasteiger partial charge is 0.198 e. The summed E-state index contributed by atoms with van der Waals surface area (Å²) >= 11 is 0. The predicted molar refractivity (Wildman–Crippen MR) is 106 cm³/mol. The molecular weight excluding hydrogens is 336 g/mol. The molecule has 0 fully saturated rings. The summed E-state index contributed by atoms with van der Waals surface area (Å²) in [7, 11) is 0. The number of aryl methyl sites for hydroxylation is 3. The lowest BCUT2D eigenvalue weighted by molar-refractivity contribution is 0.0941. The SMILES string of the molecule is Cc1cc(C)c(C(=O)CC2CCCc3c2cnn3-c2cccc(C)c2C)o1. The maximum absolute atomic E-state index is 12.8. The third-order valence-electron chi connectivity index (χ3n) is 5.84. The average Bonchev–Trinajstić information content (AvgIpc) is 3.21. The van der Waals surface area contributed by atoms with Gasteiger partial charge in [0.2, 0.25) is 0 Å². The van der Waals surface area contributed by atoms with Crippen molar-refractivity contribution in [2.45, 2.75) is 59.3 Å². The molecule has 0 bridgehead atoms. The first kappa shape index (κ1) is 17.8. The monoisotopic (exact) mass is 362 g/mol. The van der Waals surface area contributed by atoms with Crippen LogP contribution in [0.2, 0.25) is 0 Å². The van der Waals surface area contributed by atoms with Gasteiger partial charge in [0.25, 0.3) is 0 Å². The topological polar surface area (TPSA) is 48.0 Å². The lowest BCUT2D eigenvalue weighted by Crippen LogP contribution is -2.15. The summed E-state index contributed by atoms with van der Waals surface area (Å²) in [5, 5.41) is 4.70. The van der Waals surface area contributed by atoms with Crippen LogP contribution in [-0.2, 0) is 6.42 Å². The van der Waals surface area contributed by atoms with Gasteiger partial charge in [-0.05, 0) is 87.3 Å². The van der Waals surface area contributed by atoms with Gasteiger partial charge in [0.05, 0.1) is 11.9 Å². The van der Waals surface area contributed by atoms with Crippen LogP contribution in [0.4, 0.5) is 0 Å². The number of hydrogen-bond acceptors (Lipinski definition) is 3. The summed E-state index contributed by atoms with van der Waals surface area (Å²) in [4.78, 5) is 12.8. The molecule has 0 spiro atoms. The Bertz CT molecular complexity index is 1010. The summed E-state index contributed by atoms with van der Waals surface area (Å²) in [6, 6.07) is 8.26. The highest BCUT2D eigenvalue weighted by atomic mass is 16.3. The number of Topliss-reactive ketones (excluding diaryl/α,β-unsaturated/α-hetero) is 1. The van der Waals surface area contributed by atoms with E-state index < -0.39 is 0 Å². The molecule has 27 heavy (non-hydrogen) atoms. The van der Waals surface area contributed by atoms with Gasteiger partial charge in [-0.1, -0.05) is 12.1 Å². The van der Waals surface area contributed by atoms with Crippen LogP contribution in [0.3, 0.4) is 0 Å². The zero-order valence-electron chi connectivity index (χ0n) is 16.5. The molecule has 2 heterocycles. The molecule has 1 unspecified atom stereocenters. The van der Waals surface area contributed by atoms with Crippen molar-refractivity contribution in [3.8, 4) is 5.69 Å². The molecule has 1 aliphatic carbocycles. The average molecular weight is 362 g/mol. The van der Waals surface area contributed by atoms with E-state index in [1.165, 1.54) is 22.4 Å². The van der Waals surface area contributed by atoms with Crippen LogP contribution in [0, 0.1) is 27.7 Å². The van der Waals surface area contributed by atoms with Gasteiger partial charge in [-0.2, -0.15) is 5.10 Å². The second kappa shape index (κ2) is 6.84. The quantitative estimate of drug-likeness (QED) is 0.585. The number of furan rings is 1. The van der Waals surface area contributed by atoms with Crippen molar-refractivity contribution < 1.29 is 9.21 Å². The van der Waals surface area contributed by atoms with Crippen LogP contribution in [-0.4, -0.2) is 15.6 Å². The number of ketones is 1. The minimum absolute atomic E-state index is 0.0953. The Morgan fingerprint density at radius 2 is 2.04 bits per heavy atom. The number of aromatic nitrogens is 2. The van der Waals surface area contributed by atoms with Gasteiger partial charge in [-0.3, -0.25) is 4.79 Å². The molecule has 4 nitrogen and oxygen atoms in total. The van der Waals surface area contributed by atoms with Gasteiger partial charge in [-0.15, -0.1) is 0 Å². The van der Waals surface area contributed by atoms with Gasteiger partial charge in [0.15, 0.2) is 11.5 Å². The zero-order valence-corrected chi connectivity index (χ0v) is 16.5. The summed E-state index contributed by atoms with van der Waals surface area (Å²) in [5.74, 6) is 1.62. The molecule has 1 aliphatic rings. The molecule has 0 saturated heterocycles. The highest BCUT2D eigenvalue weighted by Gasteiger charge is 2.28. The first-order valence-electron chi connectivity index (χ1n) is 9.69. The second-order valence-corrected chi connectivity index (χ2v) is 7.76. The van der Waals surface area contributed by atoms with Crippen LogP contribution >= 0.6 is 0 Å². The van der Waals surface area contributed by atoms with Crippen LogP contribution in [0.1, 0.15) is 69.4 Å². The van der Waals surface area contributed by atoms with E-state index in [4.69, 9.17) is 9.52 Å². The third-order valence-corrected chi connectivity index (χ3v) is 5.84. The van der Waals surface area contributed by atoms with Crippen molar-refractivity contribution in [3.05, 3.63) is 69.9 Å². The first-order chi connectivity index (χ1) is 13.0. The Morgan fingerprint density at radius 1 is 1.22 bits per heavy atom. The molecule has 0 aliphatic heterocycles. The highest BCUT2D eigenvalue weighted by molar-refractivity contribution is 5.95. The summed E-state index contributed by atoms with van der Waals surface area (Å²) < 4.78 is 7.72. The predicted octanol–water partition coefficient (Wildman–Crippen LogP) is 5.39. The van der Waals surface area contributed by atoms with E-state index in [1.54, 1.807) is 0 Å². The normalized spacial score (nSPS) is 16.4. The Kier molecular flexibility index (Phi) is 4.50. The van der Waals surface area contributed by atoms with E-state index in [-0.39, 0.29) is 11.7 Å². The van der Waals surface area contributed by atoms with Crippen molar-refractivity contribution in [3.63, 3.8) is 0 Å². The fraction of sp³-hybridized carbons (Fsp3) is 0.391. The van der Waals surface area contributed by atoms with Gasteiger partial charge in [0, 0.05) is 12.1 Å². The van der Waals surface area contributed by atoms with Gasteiger partial charge in [-0.25, -0.2) is 4.68 Å². The van der Waals surface area contributed by atoms with Crippen molar-refractivity contribution >= 4 is 5.78 Å². The molecule has 140 valence electrons. The standard InChI is InChI=1S/C23H26N2O2/c1-14-7-5-9-20(17(14)4)25-21-10-6-8-18(19(21)13-24-25)12-22(26)23-15(2)11-16(3)27-23/h5,7,9,11,13,18H,6,8,10,12H2,1-4H3. The largest absolute Gasteiger partial charge is 0.458 e. The molecule has 0 N–H and O–H groups in total. The molecule has 3 aromatic rings. The van der Waals surface area contributed by atoms with E-state index in [9.17, 15) is 4.79 Å². The number of rotatable bonds is 4. The lowest BCUT2D eigenvalue weighted by atomic mass is 9.83. The lowest BCUT2D eigenvalue weighted by Gasteiger charge is -2.23. The van der Waals surface area contributed by atoms with Crippen LogP contribution in [0.15, 0.2) is 34.9 Å². The molecule has 1 aromatic carbocycles. The third kappa shape index (κ3) is 3.14. The van der Waals surface area contributed by atoms with Crippen molar-refractivity contribution in [2.24, 2.45) is 0 Å². The Morgan fingerprint density at radius 3 is 2.78 bits per heavy atom. The van der Waals surface area contributed by atoms with Crippen LogP contribution in [0.25, 0.3) is 5.69 Å². The highest BCUT2D eigenvalue weighted by Crippen LogP contribution is 2.36. The fourth-order valence-electron chi connectivity index (χ4n) is 4.27. The van der Waals surface area contributed by atoms with Crippen molar-refractivity contribution in [1.29, 1.82) is 0 Å². The van der Waals surface area contributed by atoms with Crippen molar-refractivity contribution in [1.82, 2.24) is 9.78 Å². The molecular formula is C23H26N2O2. The number of carbonyl (C=O) groups excluding carboxylic acids is 1. The summed E-state index contributed by atoms with van der Waals surface area (Å²) in [6.07, 6.45) is 5.56. The molecule has 4 rings (SSSR count). The minimum Gasteiger partial charge on any atom is -0.458 e. The summed E-state index contributed by atoms with van der Waals surface area (Å²) in [5.41, 5.74) is 7.06. The Balaban J connectivity index is 1.65. The van der Waals surface area contributed by atoms with E-state index >= 15 is 0 Å². The fourth-order valence-corrected chi connectivity index (χ4v) is 4.27. The van der Waals surface area contributed by atoms with E-state index in [0.29, 0.717) is 12.2 Å². The molecule has 2 aromatic heterocycles. The van der Waals surface area contributed by atoms with Gasteiger partial charge >= 0.3 is 0 Å². The van der Waals surface area contributed by atoms with Gasteiger partial charge < -0.3 is 4.42 Å². The molecule has 0 amide bonds. The number of benzene rings is 1. The number of hydrogen-bond donors (Lipinski definition) is 0. The summed E-state index contributed by atoms with van der Waals surface area (Å²) in [6.45, 7) is 8.10. The molecule has 0 radical (unpaired) electrons. The van der Waals surface area contributed by atoms with E-state index in [2.05, 4.69) is 36.7 Å². The second-order valence-electron chi connectivity index (χ2n) is 7.76. The number of nitrogens with zero attached hydrogens (tertiary/aromatic N) is 2. The van der Waals surface area contributed by atoms with Crippen LogP contribution in [0.5, 0.6) is 0 Å². The number of fused-ring (bicyclic) bond motifs is 1. The minimum atomic E-state index is 0.0953. The number of carbonyl (C=O) groups is 1. The zero-order chi connectivity index (χ0) is 19.1. The van der Waals surface area contributed by atoms with Gasteiger partial charge in [0.1, 0.15) is 5.76 Å². The van der Waals surface area contributed by atoms with E-state index in [0.717, 1.165) is 36.3 Å². The first-order valence-corrected chi connectivity index (χ1v) is 9.69. The van der Waals surface area contributed by atoms with Crippen molar-refractivity contribution in [2.75, 3.05) is 0 Å². The molecule has 4 heteroatoms. The van der Waals surface area contributed by atoms with Crippen LogP contribution < -0.4 is 0 Å². The Labute approximate surface area is 160 Å². The molecule has 1 atom stereocenters. The molecule has 0 saturated carbocycles. The Hall–Kier alpha value is -2.62. The van der Waals surface area contributed by atoms with E-state index in [1.807, 2.05) is 26.1 Å². The maximum Gasteiger partial charge on any atom is 0.198 e.